The van der Waals surface area contributed by atoms with Crippen molar-refractivity contribution in [1.29, 1.82) is 0 Å². The Balaban J connectivity index is 1.19. The molecular weight excluding hydrogens is 729 g/mol. The highest BCUT2D eigenvalue weighted by Crippen LogP contribution is 2.43. The van der Waals surface area contributed by atoms with Crippen molar-refractivity contribution in [3.8, 4) is 16.9 Å². The third kappa shape index (κ3) is 7.03. The summed E-state index contributed by atoms with van der Waals surface area (Å²) in [7, 11) is 0.690. The van der Waals surface area contributed by atoms with Crippen molar-refractivity contribution in [1.82, 2.24) is 34.6 Å². The molecule has 2 fully saturated rings. The molecule has 2 N–H and O–H groups in total. The van der Waals surface area contributed by atoms with E-state index >= 15 is 0 Å². The molecule has 0 radical (unpaired) electrons. The van der Waals surface area contributed by atoms with Gasteiger partial charge in [-0.05, 0) is 60.3 Å². The van der Waals surface area contributed by atoms with Gasteiger partial charge in [0.25, 0.3) is 5.92 Å². The molecule has 0 unspecified atom stereocenters. The molecule has 3 aromatic heterocycles. The van der Waals surface area contributed by atoms with Gasteiger partial charge >= 0.3 is 0 Å². The number of ether oxygens (including phenoxy) is 1. The molecule has 12 nitrogen and oxygen atoms in total. The summed E-state index contributed by atoms with van der Waals surface area (Å²) in [5, 5.41) is 11.7. The zero-order valence-electron chi connectivity index (χ0n) is 28.2. The van der Waals surface area contributed by atoms with Gasteiger partial charge in [-0.2, -0.15) is 10.1 Å². The monoisotopic (exact) mass is 766 g/mol. The summed E-state index contributed by atoms with van der Waals surface area (Å²) in [6.07, 6.45) is 10.1. The number of anilines is 5. The predicted molar refractivity (Wildman–Crippen MR) is 196 cm³/mol. The molecule has 5 heterocycles. The average molecular weight is 768 g/mol. The number of nitrogens with zero attached hydrogens (tertiary/aromatic N) is 8. The minimum Gasteiger partial charge on any atom is -0.494 e. The number of alkyl halides is 2. The standard InChI is InChI=1S/C34H38BrF2N10O2P/c1-45-19-21(17-41-45)23-15-27(29(49-2)16-28(23)46-12-7-22(8-13-46)47-14-9-34(36,37)20-47)43-33-40-18-24(35)32(44-33)42-26-6-5-25-30(39-11-10-38-25)31(26)50(3,4)48/h5-6,10-11,15-19,22H,7-9,12-14,20H2,1-4H3,(H2,40,42,43,44). The maximum absolute atomic E-state index is 14.0. The van der Waals surface area contributed by atoms with Gasteiger partial charge < -0.3 is 24.8 Å². The predicted octanol–water partition coefficient (Wildman–Crippen LogP) is 6.64. The first-order valence-electron chi connectivity index (χ1n) is 16.3. The number of piperidine rings is 1. The van der Waals surface area contributed by atoms with Gasteiger partial charge in [0.15, 0.2) is 0 Å². The molecule has 2 aromatic carbocycles. The van der Waals surface area contributed by atoms with Crippen LogP contribution in [0.4, 0.5) is 37.6 Å². The summed E-state index contributed by atoms with van der Waals surface area (Å²) in [5.41, 5.74) is 5.31. The first kappa shape index (κ1) is 34.3. The lowest BCUT2D eigenvalue weighted by atomic mass is 9.99. The molecule has 7 rings (SSSR count). The molecule has 5 aromatic rings. The van der Waals surface area contributed by atoms with Crippen molar-refractivity contribution in [2.45, 2.75) is 31.2 Å². The topological polar surface area (TPSA) is 126 Å². The molecule has 0 bridgehead atoms. The van der Waals surface area contributed by atoms with E-state index in [0.29, 0.717) is 56.2 Å². The lowest BCUT2D eigenvalue weighted by Gasteiger charge is -2.38. The summed E-state index contributed by atoms with van der Waals surface area (Å²) in [6.45, 7) is 5.15. The minimum atomic E-state index is -2.79. The van der Waals surface area contributed by atoms with E-state index in [0.717, 1.165) is 42.7 Å². The highest BCUT2D eigenvalue weighted by Gasteiger charge is 2.41. The third-order valence-electron chi connectivity index (χ3n) is 9.25. The maximum atomic E-state index is 14.0. The van der Waals surface area contributed by atoms with E-state index in [-0.39, 0.29) is 19.0 Å². The van der Waals surface area contributed by atoms with Crippen LogP contribution in [0.15, 0.2) is 59.7 Å². The Bertz CT molecular complexity index is 2100. The highest BCUT2D eigenvalue weighted by molar-refractivity contribution is 9.10. The fourth-order valence-corrected chi connectivity index (χ4v) is 8.55. The van der Waals surface area contributed by atoms with Gasteiger partial charge in [-0.25, -0.2) is 13.8 Å². The Morgan fingerprint density at radius 3 is 2.48 bits per heavy atom. The van der Waals surface area contributed by atoms with E-state index in [9.17, 15) is 13.3 Å². The van der Waals surface area contributed by atoms with Crippen molar-refractivity contribution in [2.24, 2.45) is 7.05 Å². The Kier molecular flexibility index (Phi) is 9.25. The normalized spacial score (nSPS) is 17.0. The molecule has 262 valence electrons. The number of likely N-dealkylation sites (tertiary alicyclic amines) is 1. The van der Waals surface area contributed by atoms with Crippen LogP contribution in [-0.4, -0.2) is 93.2 Å². The lowest BCUT2D eigenvalue weighted by Crippen LogP contribution is -2.45. The fraction of sp³-hybridized carbons (Fsp3) is 0.382. The molecule has 16 heteroatoms. The third-order valence-corrected chi connectivity index (χ3v) is 11.4. The lowest BCUT2D eigenvalue weighted by molar-refractivity contribution is 0.00629. The molecule has 50 heavy (non-hydrogen) atoms. The van der Waals surface area contributed by atoms with Gasteiger partial charge in [0.1, 0.15) is 24.2 Å². The summed E-state index contributed by atoms with van der Waals surface area (Å²) in [6, 6.07) is 7.80. The number of halogens is 3. The van der Waals surface area contributed by atoms with Crippen LogP contribution in [0, 0.1) is 0 Å². The number of methoxy groups -OCH3 is 1. The second-order valence-electron chi connectivity index (χ2n) is 13.1. The van der Waals surface area contributed by atoms with Crippen LogP contribution >= 0.6 is 23.1 Å². The number of hydrogen-bond donors (Lipinski definition) is 2. The van der Waals surface area contributed by atoms with E-state index in [1.54, 1.807) is 43.7 Å². The van der Waals surface area contributed by atoms with E-state index in [1.807, 2.05) is 48.6 Å². The van der Waals surface area contributed by atoms with Gasteiger partial charge in [-0.15, -0.1) is 0 Å². The van der Waals surface area contributed by atoms with Crippen LogP contribution in [0.3, 0.4) is 0 Å². The molecule has 2 aliphatic rings. The largest absolute Gasteiger partial charge is 0.494 e. The molecule has 2 saturated heterocycles. The van der Waals surface area contributed by atoms with Gasteiger partial charge in [0.05, 0.1) is 46.5 Å². The number of rotatable bonds is 9. The molecule has 0 saturated carbocycles. The van der Waals surface area contributed by atoms with Crippen LogP contribution in [0.1, 0.15) is 19.3 Å². The second-order valence-corrected chi connectivity index (χ2v) is 17.1. The molecule has 0 spiro atoms. The van der Waals surface area contributed by atoms with E-state index in [4.69, 9.17) is 9.72 Å². The zero-order chi connectivity index (χ0) is 35.2. The number of benzene rings is 2. The van der Waals surface area contributed by atoms with E-state index in [1.165, 1.54) is 0 Å². The maximum Gasteiger partial charge on any atom is 0.261 e. The first-order valence-corrected chi connectivity index (χ1v) is 19.7. The fourth-order valence-electron chi connectivity index (χ4n) is 6.87. The minimum absolute atomic E-state index is 0.0666. The van der Waals surface area contributed by atoms with Gasteiger partial charge in [-0.3, -0.25) is 19.5 Å². The van der Waals surface area contributed by atoms with Crippen molar-refractivity contribution < 1.29 is 18.1 Å². The number of nitrogens with one attached hydrogen (secondary N) is 2. The van der Waals surface area contributed by atoms with Crippen LogP contribution < -0.4 is 25.6 Å². The molecule has 0 atom stereocenters. The smallest absolute Gasteiger partial charge is 0.261 e. The molecule has 0 aliphatic carbocycles. The summed E-state index contributed by atoms with van der Waals surface area (Å²) < 4.78 is 49.6. The van der Waals surface area contributed by atoms with Crippen molar-refractivity contribution in [3.05, 3.63) is 59.7 Å². The Morgan fingerprint density at radius 1 is 1.02 bits per heavy atom. The number of aromatic nitrogens is 6. The van der Waals surface area contributed by atoms with Crippen molar-refractivity contribution in [2.75, 3.05) is 62.2 Å². The average Bonchev–Trinajstić information content (AvgIpc) is 3.69. The van der Waals surface area contributed by atoms with E-state index in [2.05, 4.69) is 51.5 Å². The number of aryl methyl sites for hydroxylation is 1. The quantitative estimate of drug-likeness (QED) is 0.157. The van der Waals surface area contributed by atoms with Crippen LogP contribution in [0.25, 0.3) is 22.2 Å². The Labute approximate surface area is 297 Å². The molecule has 2 aliphatic heterocycles. The zero-order valence-corrected chi connectivity index (χ0v) is 30.7. The highest BCUT2D eigenvalue weighted by atomic mass is 79.9. The summed E-state index contributed by atoms with van der Waals surface area (Å²) >= 11 is 3.56. The SMILES string of the molecule is COc1cc(N2CCC(N3CCC(F)(F)C3)CC2)c(-c2cnn(C)c2)cc1Nc1ncc(Br)c(Nc2ccc3nccnc3c2P(C)(C)=O)n1. The summed E-state index contributed by atoms with van der Waals surface area (Å²) in [4.78, 5) is 22.4. The number of hydrogen-bond acceptors (Lipinski definition) is 11. The first-order chi connectivity index (χ1) is 23.9. The van der Waals surface area contributed by atoms with Crippen LogP contribution in [-0.2, 0) is 11.6 Å². The Morgan fingerprint density at radius 2 is 1.80 bits per heavy atom. The van der Waals surface area contributed by atoms with Crippen molar-refractivity contribution in [3.63, 3.8) is 0 Å². The van der Waals surface area contributed by atoms with Crippen LogP contribution in [0.2, 0.25) is 0 Å². The van der Waals surface area contributed by atoms with Gasteiger partial charge in [-0.1, -0.05) is 0 Å². The van der Waals surface area contributed by atoms with Gasteiger partial charge in [0, 0.05) is 86.8 Å². The van der Waals surface area contributed by atoms with E-state index < -0.39 is 13.1 Å². The van der Waals surface area contributed by atoms with Crippen molar-refractivity contribution >= 4 is 68.2 Å². The number of fused-ring (bicyclic) bond motifs is 1. The summed E-state index contributed by atoms with van der Waals surface area (Å²) in [5.74, 6) is -1.24. The van der Waals surface area contributed by atoms with Crippen LogP contribution in [0.5, 0.6) is 5.75 Å². The second kappa shape index (κ2) is 13.5. The Hall–Kier alpha value is -4.20. The van der Waals surface area contributed by atoms with Gasteiger partial charge in [0.2, 0.25) is 5.95 Å². The molecular formula is C34H38BrF2N10O2P. The molecule has 0 amide bonds.